The molecule has 4 heterocycles. The van der Waals surface area contributed by atoms with Crippen molar-refractivity contribution >= 4 is 75.3 Å². The molecule has 3 aromatic rings. The number of aliphatic carboxylic acids is 2. The average Bonchev–Trinajstić information content (AvgIpc) is 3.45. The van der Waals surface area contributed by atoms with Crippen molar-refractivity contribution in [3.8, 4) is 11.1 Å². The molecule has 46 heavy (non-hydrogen) atoms. The monoisotopic (exact) mass is 685 g/mol. The van der Waals surface area contributed by atoms with Gasteiger partial charge in [-0.25, -0.2) is 14.3 Å². The van der Waals surface area contributed by atoms with Crippen LogP contribution in [0.15, 0.2) is 63.5 Å². The van der Waals surface area contributed by atoms with Crippen molar-refractivity contribution in [3.05, 3.63) is 58.9 Å². The molecular weight excluding hydrogens is 657 g/mol. The van der Waals surface area contributed by atoms with E-state index in [4.69, 9.17) is 21.4 Å². The third-order valence-corrected chi connectivity index (χ3v) is 10.0. The second-order valence-electron chi connectivity index (χ2n) is 10.2. The Hall–Kier alpha value is -4.68. The van der Waals surface area contributed by atoms with Gasteiger partial charge in [-0.05, 0) is 34.8 Å². The van der Waals surface area contributed by atoms with E-state index in [9.17, 15) is 24.3 Å². The van der Waals surface area contributed by atoms with Crippen molar-refractivity contribution in [2.75, 3.05) is 23.0 Å². The number of benzene rings is 1. The number of nitrogens with one attached hydrogen (secondary N) is 1. The fourth-order valence-electron chi connectivity index (χ4n) is 4.71. The SMILES string of the molecule is CC(CC(=O)O)O/N=C(\C(=O)NC1C(=O)N2C(C(=O)O)=C(CSc3nc(N)c(-c4ccccc4)c[n+]3C)CSC12)c1csc(N)n1. The Morgan fingerprint density at radius 1 is 1.24 bits per heavy atom. The van der Waals surface area contributed by atoms with Crippen LogP contribution < -0.4 is 21.4 Å². The maximum absolute atomic E-state index is 13.3. The molecule has 240 valence electrons. The third-order valence-electron chi connectivity index (χ3n) is 6.88. The number of fused-ring (bicyclic) bond motifs is 1. The van der Waals surface area contributed by atoms with Crippen LogP contribution in [-0.4, -0.2) is 83.6 Å². The van der Waals surface area contributed by atoms with E-state index in [1.54, 1.807) is 0 Å². The lowest BCUT2D eigenvalue weighted by Gasteiger charge is -2.49. The second-order valence-corrected chi connectivity index (χ2v) is 13.2. The van der Waals surface area contributed by atoms with Crippen molar-refractivity contribution < 1.29 is 38.8 Å². The Bertz CT molecular complexity index is 1760. The molecule has 0 radical (unpaired) electrons. The summed E-state index contributed by atoms with van der Waals surface area (Å²) >= 11 is 3.65. The number of thiazole rings is 1. The van der Waals surface area contributed by atoms with E-state index in [2.05, 4.69) is 20.4 Å². The standard InChI is InChI=1S/C28H28N8O7S3/c1-13(8-18(37)38)43-34-19(17-12-45-27(30)31-17)23(39)32-20-24(40)36-21(26(41)42)15(10-44-25(20)36)11-46-28-33-22(29)16(9-35(28)2)14-6-4-3-5-7-14/h3-7,9,12-13,20,25,29H,8,10-11H2,1-2H3,(H5,30,31,32,37,38,39,41,42)/p+1/b34-19-. The zero-order chi connectivity index (χ0) is 33.1. The van der Waals surface area contributed by atoms with Gasteiger partial charge in [0.2, 0.25) is 0 Å². The number of anilines is 2. The second kappa shape index (κ2) is 13.8. The number of carboxylic acid groups (broad SMARTS) is 2. The fourth-order valence-corrected chi connectivity index (χ4v) is 7.70. The molecule has 3 unspecified atom stereocenters. The van der Waals surface area contributed by atoms with Crippen LogP contribution in [-0.2, 0) is 31.1 Å². The number of nitrogen functional groups attached to an aromatic ring is 2. The smallest absolute Gasteiger partial charge is 0.361 e. The number of aromatic nitrogens is 3. The first-order valence-electron chi connectivity index (χ1n) is 13.7. The number of carbonyl (C=O) groups excluding carboxylic acids is 2. The van der Waals surface area contributed by atoms with E-state index in [0.717, 1.165) is 22.5 Å². The molecule has 3 atom stereocenters. The van der Waals surface area contributed by atoms with Gasteiger partial charge in [-0.15, -0.1) is 23.1 Å². The normalized spacial score (nSPS) is 18.4. The molecule has 0 aliphatic carbocycles. The summed E-state index contributed by atoms with van der Waals surface area (Å²) in [6.45, 7) is 1.47. The highest BCUT2D eigenvalue weighted by Gasteiger charge is 2.54. The maximum Gasteiger partial charge on any atom is 0.361 e. The molecule has 2 aliphatic rings. The quantitative estimate of drug-likeness (QED) is 0.0453. The van der Waals surface area contributed by atoms with Crippen molar-refractivity contribution in [2.45, 2.75) is 36.0 Å². The highest BCUT2D eigenvalue weighted by atomic mass is 32.2. The van der Waals surface area contributed by atoms with Gasteiger partial charge < -0.3 is 31.8 Å². The van der Waals surface area contributed by atoms with Crippen LogP contribution in [0.3, 0.4) is 0 Å². The van der Waals surface area contributed by atoms with E-state index < -0.39 is 41.3 Å². The highest BCUT2D eigenvalue weighted by Crippen LogP contribution is 2.41. The number of rotatable bonds is 12. The number of thioether (sulfide) groups is 2. The summed E-state index contributed by atoms with van der Waals surface area (Å²) in [6, 6.07) is 8.52. The van der Waals surface area contributed by atoms with Gasteiger partial charge >= 0.3 is 17.1 Å². The van der Waals surface area contributed by atoms with Gasteiger partial charge in [-0.3, -0.25) is 19.3 Å². The molecule has 1 saturated heterocycles. The van der Waals surface area contributed by atoms with Crippen molar-refractivity contribution in [3.63, 3.8) is 0 Å². The minimum absolute atomic E-state index is 0.0760. The molecule has 1 fully saturated rings. The highest BCUT2D eigenvalue weighted by molar-refractivity contribution is 8.01. The molecule has 2 amide bonds. The lowest BCUT2D eigenvalue weighted by molar-refractivity contribution is -0.712. The third kappa shape index (κ3) is 6.92. The average molecular weight is 686 g/mol. The first-order valence-corrected chi connectivity index (χ1v) is 16.6. The Morgan fingerprint density at radius 3 is 2.63 bits per heavy atom. The Morgan fingerprint density at radius 2 is 1.98 bits per heavy atom. The molecule has 2 aromatic heterocycles. The van der Waals surface area contributed by atoms with Crippen LogP contribution in [0.25, 0.3) is 11.1 Å². The number of carbonyl (C=O) groups is 4. The van der Waals surface area contributed by atoms with Crippen LogP contribution in [0.5, 0.6) is 0 Å². The summed E-state index contributed by atoms with van der Waals surface area (Å²) in [5.74, 6) is -2.95. The minimum atomic E-state index is -1.27. The fraction of sp³-hybridized carbons (Fsp3) is 0.286. The van der Waals surface area contributed by atoms with Gasteiger partial charge in [0.25, 0.3) is 17.6 Å². The minimum Gasteiger partial charge on any atom is -0.481 e. The summed E-state index contributed by atoms with van der Waals surface area (Å²) in [7, 11) is 1.82. The molecule has 18 heteroatoms. The van der Waals surface area contributed by atoms with Gasteiger partial charge in [0, 0.05) is 16.9 Å². The number of amides is 2. The maximum atomic E-state index is 13.3. The molecule has 5 rings (SSSR count). The molecule has 0 bridgehead atoms. The van der Waals surface area contributed by atoms with Gasteiger partial charge in [0.05, 0.1) is 19.0 Å². The molecule has 15 nitrogen and oxygen atoms in total. The molecule has 0 saturated carbocycles. The van der Waals surface area contributed by atoms with Crippen LogP contribution >= 0.6 is 34.9 Å². The van der Waals surface area contributed by atoms with E-state index in [-0.39, 0.29) is 40.2 Å². The van der Waals surface area contributed by atoms with Gasteiger partial charge in [0.15, 0.2) is 10.8 Å². The Balaban J connectivity index is 1.30. The number of nitrogens with zero attached hydrogens (tertiary/aromatic N) is 5. The largest absolute Gasteiger partial charge is 0.481 e. The Labute approximate surface area is 274 Å². The molecule has 1 aromatic carbocycles. The zero-order valence-corrected chi connectivity index (χ0v) is 26.9. The van der Waals surface area contributed by atoms with Crippen molar-refractivity contribution in [1.82, 2.24) is 20.2 Å². The van der Waals surface area contributed by atoms with Crippen molar-refractivity contribution in [2.24, 2.45) is 12.2 Å². The van der Waals surface area contributed by atoms with Crippen LogP contribution in [0.1, 0.15) is 19.0 Å². The van der Waals surface area contributed by atoms with Gasteiger partial charge in [-0.2, -0.15) is 0 Å². The molecule has 0 spiro atoms. The summed E-state index contributed by atoms with van der Waals surface area (Å²) in [4.78, 5) is 64.9. The van der Waals surface area contributed by atoms with E-state index in [1.807, 2.05) is 48.1 Å². The lowest BCUT2D eigenvalue weighted by atomic mass is 10.0. The number of β-lactam (4-membered cyclic amide) rings is 1. The predicted octanol–water partition coefficient (Wildman–Crippen LogP) is 1.31. The van der Waals surface area contributed by atoms with E-state index in [1.165, 1.54) is 40.7 Å². The number of hydrogen-bond donors (Lipinski definition) is 5. The van der Waals surface area contributed by atoms with Gasteiger partial charge in [0.1, 0.15) is 35.1 Å². The molecular formula is C28H29N8O7S3+. The Kier molecular flexibility index (Phi) is 9.78. The molecule has 7 N–H and O–H groups in total. The van der Waals surface area contributed by atoms with Crippen LogP contribution in [0, 0.1) is 0 Å². The summed E-state index contributed by atoms with van der Waals surface area (Å²) < 4.78 is 1.81. The number of hydrogen-bond acceptors (Lipinski definition) is 13. The van der Waals surface area contributed by atoms with E-state index in [0.29, 0.717) is 16.5 Å². The summed E-state index contributed by atoms with van der Waals surface area (Å²) in [5, 5.41) is 27.0. The first-order chi connectivity index (χ1) is 21.9. The van der Waals surface area contributed by atoms with Crippen molar-refractivity contribution in [1.29, 1.82) is 0 Å². The van der Waals surface area contributed by atoms with Gasteiger partial charge in [-0.1, -0.05) is 35.5 Å². The predicted molar refractivity (Wildman–Crippen MR) is 172 cm³/mol. The summed E-state index contributed by atoms with van der Waals surface area (Å²) in [5.41, 5.74) is 13.8. The number of aryl methyl sites for hydroxylation is 1. The van der Waals surface area contributed by atoms with Crippen LogP contribution in [0.4, 0.5) is 10.9 Å². The lowest BCUT2D eigenvalue weighted by Crippen LogP contribution is -2.71. The van der Waals surface area contributed by atoms with Crippen LogP contribution in [0.2, 0.25) is 0 Å². The zero-order valence-electron chi connectivity index (χ0n) is 24.4. The molecule has 2 aliphatic heterocycles. The first kappa shape index (κ1) is 32.7. The number of nitrogens with two attached hydrogens (primary N) is 2. The summed E-state index contributed by atoms with van der Waals surface area (Å²) in [6.07, 6.45) is 0.638. The number of oxime groups is 1. The number of carboxylic acids is 2. The topological polar surface area (TPSA) is 227 Å². The van der Waals surface area contributed by atoms with E-state index >= 15 is 0 Å².